The van der Waals surface area contributed by atoms with Crippen LogP contribution in [0.3, 0.4) is 0 Å². The summed E-state index contributed by atoms with van der Waals surface area (Å²) in [6.45, 7) is 11.5. The number of carbonyl (C=O) groups excluding carboxylic acids is 1. The van der Waals surface area contributed by atoms with Crippen molar-refractivity contribution in [2.75, 3.05) is 87.5 Å². The summed E-state index contributed by atoms with van der Waals surface area (Å²) in [6.07, 6.45) is 11.1. The van der Waals surface area contributed by atoms with E-state index in [1.165, 1.54) is 11.6 Å². The van der Waals surface area contributed by atoms with E-state index in [9.17, 15) is 23.3 Å². The average molecular weight is 1150 g/mol. The Bertz CT molecular complexity index is 3560. The number of hydrogen-bond donors (Lipinski definition) is 3. The lowest BCUT2D eigenvalue weighted by Gasteiger charge is -2.58. The molecule has 14 rings (SSSR count). The van der Waals surface area contributed by atoms with Crippen LogP contribution in [0.25, 0.3) is 11.0 Å². The Labute approximate surface area is 481 Å². The van der Waals surface area contributed by atoms with Crippen molar-refractivity contribution in [2.24, 2.45) is 11.3 Å². The minimum Gasteiger partial charge on any atom is -0.491 e. The lowest BCUT2D eigenvalue weighted by atomic mass is 9.59. The number of fused-ring (bicyclic) bond motifs is 5. The number of nitrogens with zero attached hydrogens (tertiary/aromatic N) is 8. The van der Waals surface area contributed by atoms with Gasteiger partial charge in [0.1, 0.15) is 36.1 Å². The maximum atomic E-state index is 15.0. The number of piperazine rings is 1. The summed E-state index contributed by atoms with van der Waals surface area (Å²) in [5.74, 6) is 0.553. The number of piperidine rings is 1. The molecule has 0 bridgehead atoms. The monoisotopic (exact) mass is 1150 g/mol. The molecule has 1 aliphatic carbocycles. The van der Waals surface area contributed by atoms with E-state index in [4.69, 9.17) is 33.4 Å². The van der Waals surface area contributed by atoms with Crippen molar-refractivity contribution in [1.82, 2.24) is 34.5 Å². The summed E-state index contributed by atoms with van der Waals surface area (Å²) < 4.78 is 68.0. The summed E-state index contributed by atoms with van der Waals surface area (Å²) in [4.78, 5) is 53.3. The normalized spacial score (nSPS) is 24.8. The largest absolute Gasteiger partial charge is 0.491 e. The van der Waals surface area contributed by atoms with Crippen molar-refractivity contribution in [3.63, 3.8) is 0 Å². The van der Waals surface area contributed by atoms with Crippen molar-refractivity contribution in [3.8, 4) is 17.4 Å². The molecule has 1 saturated carbocycles. The average Bonchev–Trinajstić information content (AvgIpc) is 4.15. The summed E-state index contributed by atoms with van der Waals surface area (Å²) in [6, 6.07) is 20.2. The molecule has 0 radical (unpaired) electrons. The highest BCUT2D eigenvalue weighted by atomic mass is 32.2. The minimum absolute atomic E-state index is 0.0222. The number of H-pyrrole nitrogens is 1. The number of nitro benzene ring substituents is 1. The Kier molecular flexibility index (Phi) is 14.1. The molecule has 4 saturated heterocycles. The molecule has 5 fully saturated rings. The van der Waals surface area contributed by atoms with Crippen LogP contribution in [0.1, 0.15) is 98.1 Å². The molecule has 436 valence electrons. The molecule has 3 N–H and O–H groups in total. The number of pyridine rings is 1. The van der Waals surface area contributed by atoms with Crippen LogP contribution in [0.15, 0.2) is 90.3 Å². The first-order valence-corrected chi connectivity index (χ1v) is 30.7. The maximum Gasteiger partial charge on any atom is 0.297 e. The van der Waals surface area contributed by atoms with Gasteiger partial charge in [-0.3, -0.25) is 24.7 Å². The zero-order valence-electron chi connectivity index (χ0n) is 46.6. The number of rotatable bonds is 12. The number of hydrogen-bond acceptors (Lipinski definition) is 19. The van der Waals surface area contributed by atoms with Gasteiger partial charge >= 0.3 is 0 Å². The van der Waals surface area contributed by atoms with Crippen LogP contribution in [0, 0.1) is 21.4 Å². The number of carbonyl (C=O) groups is 1. The topological polar surface area (TPSA) is 241 Å². The minimum atomic E-state index is -4.72. The van der Waals surface area contributed by atoms with E-state index in [1.54, 1.807) is 12.4 Å². The lowest BCUT2D eigenvalue weighted by molar-refractivity contribution is -0.384. The SMILES string of the molecule is CC(C)Oc1ccccc1[C@@H]1CN([C@@H]2COCc3ncncc32)CCN1C1CC2(CCN(c3ccc(C(=O)NS(=O)(=O)c4cc5c(c([N+](=O)[O-])c4)N[C@H](C4CCOCC4)CO5)c(N4c5cc6cc[nH]c6nc5O[C@H]5COCC[C@@H]54)c3)CC2)C1. The number of amides is 1. The molecule has 0 unspecified atom stereocenters. The number of aromatic amines is 1. The van der Waals surface area contributed by atoms with E-state index in [-0.39, 0.29) is 71.8 Å². The first-order chi connectivity index (χ1) is 40.3. The van der Waals surface area contributed by atoms with Gasteiger partial charge in [-0.15, -0.1) is 0 Å². The van der Waals surface area contributed by atoms with E-state index in [0.29, 0.717) is 68.4 Å². The van der Waals surface area contributed by atoms with Crippen molar-refractivity contribution in [3.05, 3.63) is 118 Å². The van der Waals surface area contributed by atoms with Gasteiger partial charge in [0.05, 0.1) is 76.9 Å². The summed E-state index contributed by atoms with van der Waals surface area (Å²) in [5, 5.41) is 16.7. The molecule has 23 heteroatoms. The van der Waals surface area contributed by atoms with Gasteiger partial charge in [-0.25, -0.2) is 23.1 Å². The van der Waals surface area contributed by atoms with E-state index < -0.39 is 37.5 Å². The van der Waals surface area contributed by atoms with Crippen LogP contribution in [0.4, 0.5) is 28.4 Å². The second-order valence-electron chi connectivity index (χ2n) is 23.9. The standard InChI is InChI=1S/C60H69N11O11S/c1-36(2)81-53-6-4-3-5-42(53)51-30-68(52-33-79-31-46-44(52)29-61-35-63-46)18-19-69(51)40-27-60(28-40)13-16-67(17-14-60)39-7-8-43(48(24-39)70-47-12-22-78-34-55(47)82-59-50(70)23-38-9-15-62-57(38)65-59)58(72)66-83(75,76)41-25-49(71(73)74)56-54(26-41)80-32-45(64-56)37-10-20-77-21-11-37/h3-9,15,23-26,29,35-37,40,45,47,51-52,55,64H,10-14,16-22,27-28,30-34H2,1-2H3,(H,62,65)(H,66,72)/t45-,47-,51-,52+,55-/m0/s1. The molecule has 5 atom stereocenters. The summed E-state index contributed by atoms with van der Waals surface area (Å²) in [5.41, 5.74) is 5.82. The molecule has 1 spiro atoms. The zero-order valence-corrected chi connectivity index (χ0v) is 47.4. The van der Waals surface area contributed by atoms with Gasteiger partial charge in [-0.2, -0.15) is 4.98 Å². The van der Waals surface area contributed by atoms with E-state index in [0.717, 1.165) is 105 Å². The van der Waals surface area contributed by atoms with E-state index in [1.807, 2.05) is 36.7 Å². The highest BCUT2D eigenvalue weighted by Crippen LogP contribution is 2.55. The number of nitro groups is 1. The Balaban J connectivity index is 0.740. The van der Waals surface area contributed by atoms with Crippen LogP contribution in [0.2, 0.25) is 0 Å². The van der Waals surface area contributed by atoms with Gasteiger partial charge in [0.15, 0.2) is 11.4 Å². The van der Waals surface area contributed by atoms with Crippen LogP contribution in [-0.2, 0) is 30.8 Å². The molecule has 83 heavy (non-hydrogen) atoms. The van der Waals surface area contributed by atoms with Gasteiger partial charge in [-0.05, 0) is 107 Å². The van der Waals surface area contributed by atoms with Gasteiger partial charge < -0.3 is 48.5 Å². The Morgan fingerprint density at radius 2 is 1.73 bits per heavy atom. The van der Waals surface area contributed by atoms with E-state index >= 15 is 0 Å². The number of ether oxygens (including phenoxy) is 6. The number of sulfonamides is 1. The number of anilines is 4. The molecule has 10 heterocycles. The molecule has 3 aromatic heterocycles. The Hall–Kier alpha value is -7.15. The molecule has 7 aliphatic heterocycles. The smallest absolute Gasteiger partial charge is 0.297 e. The number of para-hydroxylation sites is 1. The van der Waals surface area contributed by atoms with Crippen molar-refractivity contribution in [1.29, 1.82) is 0 Å². The third-order valence-electron chi connectivity index (χ3n) is 18.7. The summed E-state index contributed by atoms with van der Waals surface area (Å²) in [7, 11) is -4.72. The fraction of sp³-hybridized carbons (Fsp3) is 0.500. The third kappa shape index (κ3) is 10.1. The van der Waals surface area contributed by atoms with Gasteiger partial charge in [-0.1, -0.05) is 18.2 Å². The van der Waals surface area contributed by atoms with Crippen molar-refractivity contribution < 1.29 is 46.6 Å². The van der Waals surface area contributed by atoms with Crippen LogP contribution >= 0.6 is 0 Å². The molecular weight excluding hydrogens is 1080 g/mol. The Morgan fingerprint density at radius 1 is 0.904 bits per heavy atom. The third-order valence-corrected chi connectivity index (χ3v) is 20.0. The quantitative estimate of drug-likeness (QED) is 0.0781. The highest BCUT2D eigenvalue weighted by molar-refractivity contribution is 7.90. The molecule has 8 aliphatic rings. The number of aromatic nitrogens is 4. The Morgan fingerprint density at radius 3 is 2.57 bits per heavy atom. The second kappa shape index (κ2) is 21.8. The van der Waals surface area contributed by atoms with E-state index in [2.05, 4.69) is 82.7 Å². The second-order valence-corrected chi connectivity index (χ2v) is 25.5. The first-order valence-electron chi connectivity index (χ1n) is 29.2. The van der Waals surface area contributed by atoms with Gasteiger partial charge in [0.25, 0.3) is 21.6 Å². The predicted molar refractivity (Wildman–Crippen MR) is 307 cm³/mol. The first kappa shape index (κ1) is 53.8. The summed E-state index contributed by atoms with van der Waals surface area (Å²) >= 11 is 0. The fourth-order valence-corrected chi connectivity index (χ4v) is 15.4. The molecule has 6 aromatic rings. The zero-order chi connectivity index (χ0) is 56.6. The highest BCUT2D eigenvalue weighted by Gasteiger charge is 2.51. The van der Waals surface area contributed by atoms with Crippen LogP contribution < -0.4 is 34.0 Å². The van der Waals surface area contributed by atoms with Crippen molar-refractivity contribution >= 4 is 55.4 Å². The molecule has 3 aromatic carbocycles. The fourth-order valence-electron chi connectivity index (χ4n) is 14.4. The predicted octanol–water partition coefficient (Wildman–Crippen LogP) is 7.83. The van der Waals surface area contributed by atoms with Crippen LogP contribution in [-0.4, -0.2) is 152 Å². The molecule has 1 amide bonds. The van der Waals surface area contributed by atoms with Gasteiger partial charge in [0, 0.05) is 105 Å². The molecule has 22 nitrogen and oxygen atoms in total. The maximum absolute atomic E-state index is 15.0. The number of benzene rings is 3. The van der Waals surface area contributed by atoms with Gasteiger partial charge in [0.2, 0.25) is 5.88 Å². The van der Waals surface area contributed by atoms with Crippen molar-refractivity contribution in [2.45, 2.75) is 113 Å². The number of nitrogens with one attached hydrogen (secondary N) is 3. The molecular formula is C60H69N11O11S. The lowest BCUT2D eigenvalue weighted by Crippen LogP contribution is -2.60. The van der Waals surface area contributed by atoms with Crippen LogP contribution in [0.5, 0.6) is 17.4 Å².